The summed E-state index contributed by atoms with van der Waals surface area (Å²) in [6.07, 6.45) is 21.0. The zero-order valence-corrected chi connectivity index (χ0v) is 49.1. The molecule has 1 saturated heterocycles. The predicted octanol–water partition coefficient (Wildman–Crippen LogP) is 7.22. The van der Waals surface area contributed by atoms with Crippen molar-refractivity contribution >= 4 is 35.1 Å². The third-order valence-electron chi connectivity index (χ3n) is 13.9. The third kappa shape index (κ3) is 19.8. The molecule has 0 aliphatic carbocycles. The number of ketones is 1. The Hall–Kier alpha value is -3.80. The first-order valence-corrected chi connectivity index (χ1v) is 25.6. The summed E-state index contributed by atoms with van der Waals surface area (Å²) in [5.41, 5.74) is 15.7. The number of nitrogens with zero attached hydrogens (tertiary/aromatic N) is 6. The Balaban J connectivity index is 0.000000432. The number of nitrogens with two attached hydrogens (primary N) is 1. The van der Waals surface area contributed by atoms with E-state index in [2.05, 4.69) is 86.5 Å². The van der Waals surface area contributed by atoms with Crippen LogP contribution in [0.4, 0.5) is 14.6 Å². The summed E-state index contributed by atoms with van der Waals surface area (Å²) in [5, 5.41) is 13.0. The summed E-state index contributed by atoms with van der Waals surface area (Å²) >= 11 is 0. The third-order valence-corrected chi connectivity index (χ3v) is 13.9. The van der Waals surface area contributed by atoms with Crippen molar-refractivity contribution < 1.29 is 74.6 Å². The van der Waals surface area contributed by atoms with Gasteiger partial charge in [0.1, 0.15) is 5.82 Å². The summed E-state index contributed by atoms with van der Waals surface area (Å²) in [7, 11) is 7.33. The van der Waals surface area contributed by atoms with E-state index in [1.165, 1.54) is 94.8 Å². The van der Waals surface area contributed by atoms with Crippen LogP contribution >= 0.6 is 0 Å². The number of allylic oxidation sites excluding steroid dienone is 4. The molecule has 5 rings (SSSR count). The molecule has 0 spiro atoms. The number of piperidine rings is 1. The van der Waals surface area contributed by atoms with Crippen LogP contribution in [0.25, 0.3) is 5.57 Å². The quantitative estimate of drug-likeness (QED) is 0.0315. The Morgan fingerprint density at radius 1 is 1.01 bits per heavy atom. The maximum absolute atomic E-state index is 14.9. The van der Waals surface area contributed by atoms with Crippen LogP contribution in [0.5, 0.6) is 0 Å². The molecule has 0 radical (unpaired) electrons. The molecule has 0 aromatic heterocycles. The minimum atomic E-state index is -0.841. The molecule has 2 atom stereocenters. The molecule has 72 heavy (non-hydrogen) atoms. The standard InChI is InChI=1S/C29H35F2N5O2.C15H24N3O.C13H27N.K/c1-18-14-27(35(6)33-10-7-23(18)15-25(32-5)17-28(38)34-31)20(3)36-11-8-22(9-12-36)29-19(2)13-24(21(4)37)16-26(29)30;1-6-12-9-8-11(3)14(10-12)18(5)17(4)13(7-2)15(16)19;1-3-8-13(9-4-2)12-14-10-6-5-7-11-14;/h7-8,10,13-14,16-17,20,32H,1,9,11-12,15H2,2-6H3,(H,34,38);8-10,13H,2,6-7H2,1,3-5H3,(H2,16,19);13H,3-12H2,1-2H3;/q;-1;;+1/b23-7-,25-17+,27-14-,33-10-;;;. The second-order valence-electron chi connectivity index (χ2n) is 19.1. The van der Waals surface area contributed by atoms with Crippen LogP contribution < -0.4 is 73.0 Å². The fourth-order valence-corrected chi connectivity index (χ4v) is 9.50. The molecule has 0 saturated carbocycles. The molecule has 2 unspecified atom stereocenters. The number of halogens is 2. The van der Waals surface area contributed by atoms with Crippen LogP contribution in [0.2, 0.25) is 0 Å². The number of aryl methyl sites for hydroxylation is 3. The SMILES string of the molecule is C=C1/C=C(/C(C)N2CC=C(c3c(C)cc(C(C)=O)cc3F)CC2)N(C)/N=C\C=C/1C/C(=C\C(=O)NF)NC.CCCC(CCC)CN1CCCCC1.[CH2-]CC(C(N)=O)N(C)N(C)c1cc(CC)ccc1C.[K+]. The van der Waals surface area contributed by atoms with Crippen LogP contribution in [-0.2, 0) is 16.0 Å². The molecule has 3 heterocycles. The number of nitrogens with one attached hydrogen (secondary N) is 2. The topological polar surface area (TPSA) is 130 Å². The van der Waals surface area contributed by atoms with Gasteiger partial charge in [0, 0.05) is 89.4 Å². The average Bonchev–Trinajstić information content (AvgIpc) is 3.35. The minimum absolute atomic E-state index is 0. The predicted molar refractivity (Wildman–Crippen MR) is 291 cm³/mol. The van der Waals surface area contributed by atoms with Gasteiger partial charge in [0.15, 0.2) is 5.78 Å². The maximum atomic E-state index is 14.9. The van der Waals surface area contributed by atoms with Crippen molar-refractivity contribution in [3.8, 4) is 0 Å². The van der Waals surface area contributed by atoms with Gasteiger partial charge in [-0.1, -0.05) is 69.3 Å². The van der Waals surface area contributed by atoms with Crippen LogP contribution in [0.3, 0.4) is 0 Å². The summed E-state index contributed by atoms with van der Waals surface area (Å²) in [6.45, 7) is 27.7. The summed E-state index contributed by atoms with van der Waals surface area (Å²) in [5.74, 6) is -0.739. The van der Waals surface area contributed by atoms with Gasteiger partial charge in [0.05, 0.1) is 17.4 Å². The number of benzene rings is 2. The number of likely N-dealkylation sites (N-methyl/N-ethyl adjacent to an activating group) is 2. The minimum Gasteiger partial charge on any atom is -0.391 e. The fourth-order valence-electron chi connectivity index (χ4n) is 9.50. The molecule has 4 N–H and O–H groups in total. The smallest absolute Gasteiger partial charge is 0.391 e. The number of hydrogen-bond donors (Lipinski definition) is 3. The second-order valence-corrected chi connectivity index (χ2v) is 19.1. The van der Waals surface area contributed by atoms with Gasteiger partial charge in [-0.3, -0.25) is 24.3 Å². The molecular weight excluding hydrogens is 936 g/mol. The maximum Gasteiger partial charge on any atom is 1.00 e. The zero-order chi connectivity index (χ0) is 52.8. The van der Waals surface area contributed by atoms with E-state index in [9.17, 15) is 23.3 Å². The van der Waals surface area contributed by atoms with Crippen LogP contribution in [-0.4, -0.2) is 117 Å². The first-order valence-electron chi connectivity index (χ1n) is 25.6. The number of amides is 2. The summed E-state index contributed by atoms with van der Waals surface area (Å²) in [6, 6.07) is 9.03. The van der Waals surface area contributed by atoms with Crippen molar-refractivity contribution in [1.29, 1.82) is 0 Å². The van der Waals surface area contributed by atoms with Gasteiger partial charge < -0.3 is 27.9 Å². The Labute approximate surface area is 474 Å². The van der Waals surface area contributed by atoms with E-state index in [-0.39, 0.29) is 74.9 Å². The number of Topliss-reactive ketones (excluding diaryl/α,β-unsaturated/α-hetero) is 1. The zero-order valence-electron chi connectivity index (χ0n) is 46.0. The Bertz CT molecular complexity index is 2220. The van der Waals surface area contributed by atoms with Crippen molar-refractivity contribution in [3.05, 3.63) is 124 Å². The molecule has 3 aliphatic heterocycles. The van der Waals surface area contributed by atoms with Crippen molar-refractivity contribution in [2.45, 2.75) is 131 Å². The van der Waals surface area contributed by atoms with Crippen molar-refractivity contribution in [2.75, 3.05) is 65.9 Å². The van der Waals surface area contributed by atoms with Crippen molar-refractivity contribution in [2.24, 2.45) is 16.8 Å². The van der Waals surface area contributed by atoms with E-state index in [4.69, 9.17) is 5.73 Å². The molecule has 12 nitrogen and oxygen atoms in total. The van der Waals surface area contributed by atoms with Crippen LogP contribution in [0, 0.1) is 32.5 Å². The Morgan fingerprint density at radius 2 is 1.68 bits per heavy atom. The molecule has 2 aromatic carbocycles. The van der Waals surface area contributed by atoms with E-state index in [0.717, 1.165) is 58.1 Å². The number of carbonyl (C=O) groups excluding carboxylic acids is 3. The molecule has 0 bridgehead atoms. The number of rotatable bonds is 20. The van der Waals surface area contributed by atoms with E-state index in [0.29, 0.717) is 42.6 Å². The van der Waals surface area contributed by atoms with E-state index in [1.54, 1.807) is 24.3 Å². The van der Waals surface area contributed by atoms with Gasteiger partial charge in [-0.25, -0.2) is 9.40 Å². The van der Waals surface area contributed by atoms with E-state index >= 15 is 0 Å². The fraction of sp³-hybridized carbons (Fsp3) is 0.526. The summed E-state index contributed by atoms with van der Waals surface area (Å²) in [4.78, 5) is 39.5. The number of anilines is 1. The van der Waals surface area contributed by atoms with Gasteiger partial charge in [0.25, 0.3) is 5.91 Å². The molecule has 392 valence electrons. The number of hydrazone groups is 1. The van der Waals surface area contributed by atoms with Gasteiger partial charge in [-0.2, -0.15) is 17.1 Å². The largest absolute Gasteiger partial charge is 1.00 e. The Morgan fingerprint density at radius 3 is 2.21 bits per heavy atom. The number of hydrogen-bond acceptors (Lipinski definition) is 10. The molecule has 3 aliphatic rings. The van der Waals surface area contributed by atoms with Gasteiger partial charge >= 0.3 is 51.4 Å². The molecule has 15 heteroatoms. The average molecular weight is 1020 g/mol. The van der Waals surface area contributed by atoms with E-state index in [1.807, 2.05) is 56.3 Å². The monoisotopic (exact) mass is 1020 g/mol. The number of likely N-dealkylation sites (tertiary alicyclic amines) is 1. The van der Waals surface area contributed by atoms with Crippen molar-refractivity contribution in [3.63, 3.8) is 0 Å². The van der Waals surface area contributed by atoms with Gasteiger partial charge in [-0.15, -0.1) is 0 Å². The first kappa shape index (κ1) is 64.3. The number of primary amides is 1. The van der Waals surface area contributed by atoms with Gasteiger partial charge in [0.2, 0.25) is 5.91 Å². The summed E-state index contributed by atoms with van der Waals surface area (Å²) < 4.78 is 27.4. The molecule has 2 aromatic rings. The number of carbonyl (C=O) groups is 3. The molecule has 2 amide bonds. The second kappa shape index (κ2) is 33.2. The normalized spacial score (nSPS) is 18.2. The van der Waals surface area contributed by atoms with Crippen LogP contribution in [0.1, 0.15) is 131 Å². The number of hydrazine groups is 1. The molecule has 1 fully saturated rings. The van der Waals surface area contributed by atoms with Crippen molar-refractivity contribution in [1.82, 2.24) is 30.7 Å². The van der Waals surface area contributed by atoms with Crippen LogP contribution in [0.15, 0.2) is 88.9 Å². The Kier molecular flexibility index (Phi) is 29.6. The molecular formula is C57H86F2KN9O3. The first-order chi connectivity index (χ1) is 33.8. The van der Waals surface area contributed by atoms with E-state index < -0.39 is 11.9 Å². The van der Waals surface area contributed by atoms with Gasteiger partial charge in [-0.05, 0) is 149 Å².